The van der Waals surface area contributed by atoms with Crippen LogP contribution < -0.4 is 0 Å². The molecule has 0 aromatic heterocycles. The maximum Gasteiger partial charge on any atom is 0.0669 e. The topological polar surface area (TPSA) is 26.7 Å². The van der Waals surface area contributed by atoms with Gasteiger partial charge in [-0.15, -0.1) is 0 Å². The molecule has 0 spiro atoms. The monoisotopic (exact) mass is 240 g/mol. The molecular formula is C14H28N2O. The summed E-state index contributed by atoms with van der Waals surface area (Å²) in [5.74, 6) is 0.805. The second kappa shape index (κ2) is 6.72. The van der Waals surface area contributed by atoms with Gasteiger partial charge in [-0.05, 0) is 38.9 Å². The van der Waals surface area contributed by atoms with Crippen molar-refractivity contribution < 1.29 is 5.11 Å². The van der Waals surface area contributed by atoms with E-state index in [0.717, 1.165) is 38.5 Å². The molecule has 3 nitrogen and oxygen atoms in total. The first-order chi connectivity index (χ1) is 8.24. The van der Waals surface area contributed by atoms with Crippen molar-refractivity contribution >= 4 is 0 Å². The zero-order chi connectivity index (χ0) is 12.1. The smallest absolute Gasteiger partial charge is 0.0669 e. The summed E-state index contributed by atoms with van der Waals surface area (Å²) < 4.78 is 0. The van der Waals surface area contributed by atoms with E-state index in [1.807, 2.05) is 0 Å². The van der Waals surface area contributed by atoms with E-state index in [0.29, 0.717) is 0 Å². The fourth-order valence-electron chi connectivity index (χ4n) is 3.29. The Bertz CT molecular complexity index is 216. The Morgan fingerprint density at radius 3 is 2.59 bits per heavy atom. The summed E-state index contributed by atoms with van der Waals surface area (Å²) in [6, 6.07) is 0. The third-order valence-electron chi connectivity index (χ3n) is 4.36. The predicted octanol–water partition coefficient (Wildman–Crippen LogP) is 1.57. The van der Waals surface area contributed by atoms with Crippen LogP contribution in [0, 0.1) is 5.92 Å². The molecule has 100 valence electrons. The summed E-state index contributed by atoms with van der Waals surface area (Å²) in [6.07, 6.45) is 7.64. The lowest BCUT2D eigenvalue weighted by Gasteiger charge is -2.24. The molecule has 2 aliphatic rings. The van der Waals surface area contributed by atoms with Gasteiger partial charge in [0, 0.05) is 19.6 Å². The third kappa shape index (κ3) is 4.57. The highest BCUT2D eigenvalue weighted by Crippen LogP contribution is 2.28. The number of aliphatic hydroxyl groups excluding tert-OH is 1. The number of hydrogen-bond acceptors (Lipinski definition) is 3. The van der Waals surface area contributed by atoms with Crippen molar-refractivity contribution in [3.05, 3.63) is 0 Å². The van der Waals surface area contributed by atoms with Crippen LogP contribution in [0.1, 0.15) is 38.5 Å². The molecule has 1 atom stereocenters. The van der Waals surface area contributed by atoms with E-state index >= 15 is 0 Å². The van der Waals surface area contributed by atoms with Crippen LogP contribution in [0.4, 0.5) is 0 Å². The van der Waals surface area contributed by atoms with Crippen LogP contribution in [-0.4, -0.2) is 60.8 Å². The van der Waals surface area contributed by atoms with Crippen LogP contribution in [0.3, 0.4) is 0 Å². The van der Waals surface area contributed by atoms with Crippen molar-refractivity contribution in [2.45, 2.75) is 44.6 Å². The molecule has 0 bridgehead atoms. The molecule has 1 aliphatic carbocycles. The minimum atomic E-state index is -0.0958. The van der Waals surface area contributed by atoms with Crippen LogP contribution in [0.5, 0.6) is 0 Å². The normalized spacial score (nSPS) is 27.2. The number of hydrogen-bond donors (Lipinski definition) is 1. The molecule has 2 rings (SSSR count). The molecule has 1 unspecified atom stereocenters. The average molecular weight is 240 g/mol. The molecule has 1 aliphatic heterocycles. The van der Waals surface area contributed by atoms with Crippen LogP contribution in [0.25, 0.3) is 0 Å². The minimum Gasteiger partial charge on any atom is -0.392 e. The summed E-state index contributed by atoms with van der Waals surface area (Å²) in [5, 5.41) is 10.2. The molecule has 3 heteroatoms. The molecule has 1 heterocycles. The summed E-state index contributed by atoms with van der Waals surface area (Å²) in [5.41, 5.74) is 0. The van der Waals surface area contributed by atoms with Gasteiger partial charge < -0.3 is 10.0 Å². The Balaban J connectivity index is 1.67. The van der Waals surface area contributed by atoms with Gasteiger partial charge in [-0.2, -0.15) is 0 Å². The van der Waals surface area contributed by atoms with Crippen LogP contribution in [0.15, 0.2) is 0 Å². The van der Waals surface area contributed by atoms with E-state index in [9.17, 15) is 5.11 Å². The second-order valence-corrected chi connectivity index (χ2v) is 6.00. The molecule has 0 aromatic rings. The molecule has 0 amide bonds. The Morgan fingerprint density at radius 1 is 1.06 bits per heavy atom. The maximum atomic E-state index is 10.2. The van der Waals surface area contributed by atoms with Gasteiger partial charge >= 0.3 is 0 Å². The Kier molecular flexibility index (Phi) is 5.26. The van der Waals surface area contributed by atoms with E-state index in [-0.39, 0.29) is 6.10 Å². The lowest BCUT2D eigenvalue weighted by molar-refractivity contribution is 0.0929. The van der Waals surface area contributed by atoms with Gasteiger partial charge in [0.15, 0.2) is 0 Å². The van der Waals surface area contributed by atoms with Gasteiger partial charge in [0.25, 0.3) is 0 Å². The van der Waals surface area contributed by atoms with Crippen LogP contribution in [-0.2, 0) is 0 Å². The Morgan fingerprint density at radius 2 is 1.82 bits per heavy atom. The number of aliphatic hydroxyl groups is 1. The van der Waals surface area contributed by atoms with E-state index < -0.39 is 0 Å². The number of likely N-dealkylation sites (N-methyl/N-ethyl adjacent to an activating group) is 1. The van der Waals surface area contributed by atoms with Crippen molar-refractivity contribution in [2.24, 2.45) is 5.92 Å². The first-order valence-corrected chi connectivity index (χ1v) is 7.33. The third-order valence-corrected chi connectivity index (χ3v) is 4.36. The highest BCUT2D eigenvalue weighted by molar-refractivity contribution is 4.75. The predicted molar refractivity (Wildman–Crippen MR) is 71.1 cm³/mol. The van der Waals surface area contributed by atoms with Gasteiger partial charge in [-0.3, -0.25) is 4.90 Å². The number of nitrogens with zero attached hydrogens (tertiary/aromatic N) is 2. The molecular weight excluding hydrogens is 212 g/mol. The van der Waals surface area contributed by atoms with Crippen LogP contribution >= 0.6 is 0 Å². The molecule has 0 aromatic carbocycles. The summed E-state index contributed by atoms with van der Waals surface area (Å²) in [4.78, 5) is 4.84. The van der Waals surface area contributed by atoms with Crippen molar-refractivity contribution in [2.75, 3.05) is 39.8 Å². The highest BCUT2D eigenvalue weighted by atomic mass is 16.3. The van der Waals surface area contributed by atoms with E-state index in [2.05, 4.69) is 16.8 Å². The van der Waals surface area contributed by atoms with Crippen molar-refractivity contribution in [3.63, 3.8) is 0 Å². The first-order valence-electron chi connectivity index (χ1n) is 7.33. The largest absolute Gasteiger partial charge is 0.392 e. The molecule has 0 radical (unpaired) electrons. The van der Waals surface area contributed by atoms with E-state index in [4.69, 9.17) is 0 Å². The van der Waals surface area contributed by atoms with E-state index in [1.165, 1.54) is 38.6 Å². The summed E-state index contributed by atoms with van der Waals surface area (Å²) in [6.45, 7) is 5.53. The van der Waals surface area contributed by atoms with Gasteiger partial charge in [-0.25, -0.2) is 0 Å². The van der Waals surface area contributed by atoms with Gasteiger partial charge in [0.2, 0.25) is 0 Å². The maximum absolute atomic E-state index is 10.2. The van der Waals surface area contributed by atoms with Crippen molar-refractivity contribution in [1.82, 2.24) is 9.80 Å². The molecule has 2 fully saturated rings. The molecule has 1 saturated heterocycles. The second-order valence-electron chi connectivity index (χ2n) is 6.00. The Labute approximate surface area is 106 Å². The zero-order valence-electron chi connectivity index (χ0n) is 11.3. The van der Waals surface area contributed by atoms with Gasteiger partial charge in [-0.1, -0.05) is 25.7 Å². The van der Waals surface area contributed by atoms with Crippen molar-refractivity contribution in [3.8, 4) is 0 Å². The van der Waals surface area contributed by atoms with Gasteiger partial charge in [0.05, 0.1) is 6.10 Å². The molecule has 17 heavy (non-hydrogen) atoms. The first kappa shape index (κ1) is 13.3. The standard InChI is InChI=1S/C14H28N2O/c1-15-7-4-8-16(10-9-15)12-14(17)11-13-5-2-3-6-13/h13-14,17H,2-12H2,1H3. The van der Waals surface area contributed by atoms with E-state index in [1.54, 1.807) is 0 Å². The fraction of sp³-hybridized carbons (Fsp3) is 1.00. The number of β-amino-alcohol motifs (C(OH)–C–C–N with tert-alkyl or cyclic N) is 1. The highest BCUT2D eigenvalue weighted by Gasteiger charge is 2.21. The summed E-state index contributed by atoms with van der Waals surface area (Å²) >= 11 is 0. The van der Waals surface area contributed by atoms with Crippen molar-refractivity contribution in [1.29, 1.82) is 0 Å². The fourth-order valence-corrected chi connectivity index (χ4v) is 3.29. The summed E-state index contributed by atoms with van der Waals surface area (Å²) in [7, 11) is 2.19. The average Bonchev–Trinajstić information content (AvgIpc) is 2.70. The van der Waals surface area contributed by atoms with Crippen LogP contribution in [0.2, 0.25) is 0 Å². The Hall–Kier alpha value is -0.120. The quantitative estimate of drug-likeness (QED) is 0.808. The molecule has 1 saturated carbocycles. The van der Waals surface area contributed by atoms with Gasteiger partial charge in [0.1, 0.15) is 0 Å². The molecule has 1 N–H and O–H groups in total. The lowest BCUT2D eigenvalue weighted by Crippen LogP contribution is -2.36. The lowest BCUT2D eigenvalue weighted by atomic mass is 10.00. The number of rotatable bonds is 4. The zero-order valence-corrected chi connectivity index (χ0v) is 11.3. The minimum absolute atomic E-state index is 0.0958. The SMILES string of the molecule is CN1CCCN(CC(O)CC2CCCC2)CC1.